The summed E-state index contributed by atoms with van der Waals surface area (Å²) in [5.41, 5.74) is 0. The van der Waals surface area contributed by atoms with Gasteiger partial charge in [-0.05, 0) is 13.0 Å². The number of hydrogen-bond donors (Lipinski definition) is 0. The maximum absolute atomic E-state index is 3.71. The lowest BCUT2D eigenvalue weighted by atomic mass is 10.6. The third-order valence-corrected chi connectivity index (χ3v) is 0.470. The number of rotatable bonds is 2. The second kappa shape index (κ2) is 5.15. The number of hydrogen-bond acceptors (Lipinski definition) is 1. The maximum atomic E-state index is 3.71. The molecule has 1 nitrogen and oxygen atoms in total. The van der Waals surface area contributed by atoms with Crippen molar-refractivity contribution in [3.8, 4) is 0 Å². The molecule has 0 aromatic carbocycles. The molecule has 0 N–H and O–H groups in total. The molecule has 0 aromatic rings. The van der Waals surface area contributed by atoms with Crippen molar-refractivity contribution in [2.75, 3.05) is 0 Å². The van der Waals surface area contributed by atoms with E-state index in [2.05, 4.69) is 11.6 Å². The number of nitrogens with zero attached hydrogens (tertiary/aromatic N) is 1. The van der Waals surface area contributed by atoms with Gasteiger partial charge in [-0.1, -0.05) is 12.7 Å². The molecule has 0 fully saturated rings. The molecule has 0 aliphatic rings. The minimum Gasteiger partial charge on any atom is -0.265 e. The highest BCUT2D eigenvalue weighted by atomic mass is 14.6. The van der Waals surface area contributed by atoms with Crippen molar-refractivity contribution < 1.29 is 0 Å². The highest BCUT2D eigenvalue weighted by Gasteiger charge is 1.52. The van der Waals surface area contributed by atoms with E-state index in [9.17, 15) is 0 Å². The zero-order valence-corrected chi connectivity index (χ0v) is 4.46. The van der Waals surface area contributed by atoms with Gasteiger partial charge in [0, 0.05) is 12.4 Å². The topological polar surface area (TPSA) is 12.4 Å². The summed E-state index contributed by atoms with van der Waals surface area (Å²) in [6.07, 6.45) is 6.95. The summed E-state index contributed by atoms with van der Waals surface area (Å²) in [5, 5.41) is 0. The van der Waals surface area contributed by atoms with E-state index in [0.29, 0.717) is 0 Å². The summed E-state index contributed by atoms with van der Waals surface area (Å²) >= 11 is 0. The van der Waals surface area contributed by atoms with Gasteiger partial charge in [0.25, 0.3) is 0 Å². The van der Waals surface area contributed by atoms with Gasteiger partial charge >= 0.3 is 0 Å². The van der Waals surface area contributed by atoms with Crippen molar-refractivity contribution in [2.24, 2.45) is 4.99 Å². The van der Waals surface area contributed by atoms with Gasteiger partial charge in [0.2, 0.25) is 0 Å². The Bertz CT molecular complexity index is 90.4. The van der Waals surface area contributed by atoms with E-state index in [1.165, 1.54) is 6.20 Å². The molecule has 0 aliphatic carbocycles. The van der Waals surface area contributed by atoms with Crippen LogP contribution in [0.3, 0.4) is 0 Å². The highest BCUT2D eigenvalue weighted by molar-refractivity contribution is 5.71. The quantitative estimate of drug-likeness (QED) is 0.463. The van der Waals surface area contributed by atoms with E-state index >= 15 is 0 Å². The SMILES string of the molecule is C=C/N=C\C=C/C. The van der Waals surface area contributed by atoms with Crippen molar-refractivity contribution in [2.45, 2.75) is 6.92 Å². The van der Waals surface area contributed by atoms with Gasteiger partial charge in [0.1, 0.15) is 0 Å². The van der Waals surface area contributed by atoms with Gasteiger partial charge in [0.05, 0.1) is 0 Å². The molecular weight excluding hydrogens is 86.1 g/mol. The molecule has 0 rings (SSSR count). The van der Waals surface area contributed by atoms with Crippen LogP contribution in [0.2, 0.25) is 0 Å². The van der Waals surface area contributed by atoms with E-state index in [0.717, 1.165) is 0 Å². The molecule has 0 heterocycles. The van der Waals surface area contributed by atoms with E-state index in [1.54, 1.807) is 6.21 Å². The fourth-order valence-corrected chi connectivity index (χ4v) is 0.197. The first-order chi connectivity index (χ1) is 3.41. The molecule has 0 bridgehead atoms. The van der Waals surface area contributed by atoms with Crippen LogP contribution in [0.25, 0.3) is 0 Å². The van der Waals surface area contributed by atoms with Crippen LogP contribution in [-0.4, -0.2) is 6.21 Å². The molecule has 0 unspecified atom stereocenters. The van der Waals surface area contributed by atoms with Crippen molar-refractivity contribution in [1.29, 1.82) is 0 Å². The van der Waals surface area contributed by atoms with Crippen molar-refractivity contribution >= 4 is 6.21 Å². The van der Waals surface area contributed by atoms with Crippen LogP contribution >= 0.6 is 0 Å². The van der Waals surface area contributed by atoms with Crippen LogP contribution in [0.5, 0.6) is 0 Å². The molecule has 0 amide bonds. The Morgan fingerprint density at radius 2 is 2.29 bits per heavy atom. The van der Waals surface area contributed by atoms with Crippen LogP contribution in [0.15, 0.2) is 29.9 Å². The van der Waals surface area contributed by atoms with Gasteiger partial charge in [-0.25, -0.2) is 0 Å². The van der Waals surface area contributed by atoms with Crippen LogP contribution < -0.4 is 0 Å². The van der Waals surface area contributed by atoms with Crippen LogP contribution in [0.1, 0.15) is 6.92 Å². The van der Waals surface area contributed by atoms with Crippen LogP contribution in [0.4, 0.5) is 0 Å². The monoisotopic (exact) mass is 95.1 g/mol. The van der Waals surface area contributed by atoms with Crippen molar-refractivity contribution in [3.05, 3.63) is 24.9 Å². The Morgan fingerprint density at radius 1 is 1.57 bits per heavy atom. The van der Waals surface area contributed by atoms with Crippen molar-refractivity contribution in [1.82, 2.24) is 0 Å². The fourth-order valence-electron chi connectivity index (χ4n) is 0.197. The first-order valence-corrected chi connectivity index (χ1v) is 2.17. The molecular formula is C6H9N. The Labute approximate surface area is 44.1 Å². The molecule has 7 heavy (non-hydrogen) atoms. The van der Waals surface area contributed by atoms with Crippen LogP contribution in [0, 0.1) is 0 Å². The Balaban J connectivity index is 3.27. The number of allylic oxidation sites excluding steroid dienone is 2. The smallest absolute Gasteiger partial charge is 0.0264 e. The Hall–Kier alpha value is -0.850. The second-order valence-electron chi connectivity index (χ2n) is 1.01. The lowest BCUT2D eigenvalue weighted by Gasteiger charge is -1.66. The molecule has 0 aromatic heterocycles. The highest BCUT2D eigenvalue weighted by Crippen LogP contribution is 1.66. The number of aliphatic imine (C=N–C) groups is 1. The predicted molar refractivity (Wildman–Crippen MR) is 33.5 cm³/mol. The van der Waals surface area contributed by atoms with Gasteiger partial charge in [-0.15, -0.1) is 0 Å². The Morgan fingerprint density at radius 3 is 2.71 bits per heavy atom. The molecule has 0 radical (unpaired) electrons. The average molecular weight is 95.1 g/mol. The van der Waals surface area contributed by atoms with E-state index in [1.807, 2.05) is 19.1 Å². The summed E-state index contributed by atoms with van der Waals surface area (Å²) in [5.74, 6) is 0. The fraction of sp³-hybridized carbons (Fsp3) is 0.167. The van der Waals surface area contributed by atoms with E-state index < -0.39 is 0 Å². The summed E-state index contributed by atoms with van der Waals surface area (Å²) in [7, 11) is 0. The largest absolute Gasteiger partial charge is 0.265 e. The molecule has 0 atom stereocenters. The zero-order chi connectivity index (χ0) is 5.54. The summed E-state index contributed by atoms with van der Waals surface area (Å²) < 4.78 is 0. The molecule has 0 aliphatic heterocycles. The average Bonchev–Trinajstić information content (AvgIpc) is 1.69. The Kier molecular flexibility index (Phi) is 4.52. The van der Waals surface area contributed by atoms with E-state index in [-0.39, 0.29) is 0 Å². The maximum Gasteiger partial charge on any atom is 0.0264 e. The third kappa shape index (κ3) is 5.15. The van der Waals surface area contributed by atoms with Gasteiger partial charge in [-0.2, -0.15) is 0 Å². The normalized spacial score (nSPS) is 11.0. The molecule has 0 saturated heterocycles. The zero-order valence-electron chi connectivity index (χ0n) is 4.46. The molecule has 1 heteroatoms. The van der Waals surface area contributed by atoms with Gasteiger partial charge in [-0.3, -0.25) is 4.99 Å². The summed E-state index contributed by atoms with van der Waals surface area (Å²) in [6, 6.07) is 0. The van der Waals surface area contributed by atoms with E-state index in [4.69, 9.17) is 0 Å². The second-order valence-corrected chi connectivity index (χ2v) is 1.01. The minimum atomic E-state index is 1.50. The van der Waals surface area contributed by atoms with Crippen LogP contribution in [-0.2, 0) is 0 Å². The van der Waals surface area contributed by atoms with Gasteiger partial charge in [0.15, 0.2) is 0 Å². The van der Waals surface area contributed by atoms with Gasteiger partial charge < -0.3 is 0 Å². The first kappa shape index (κ1) is 6.15. The lowest BCUT2D eigenvalue weighted by Crippen LogP contribution is -1.55. The van der Waals surface area contributed by atoms with Crippen molar-refractivity contribution in [3.63, 3.8) is 0 Å². The summed E-state index contributed by atoms with van der Waals surface area (Å²) in [6.45, 7) is 5.34. The first-order valence-electron chi connectivity index (χ1n) is 2.17. The molecule has 0 spiro atoms. The molecule has 38 valence electrons. The standard InChI is InChI=1S/C6H9N/c1-3-5-6-7-4-2/h3-6H,2H2,1H3/b5-3-,7-6-. The minimum absolute atomic E-state index is 1.50. The molecule has 0 saturated carbocycles. The predicted octanol–water partition coefficient (Wildman–Crippen LogP) is 1.78. The lowest BCUT2D eigenvalue weighted by molar-refractivity contribution is 1.62. The summed E-state index contributed by atoms with van der Waals surface area (Å²) in [4.78, 5) is 3.71. The third-order valence-electron chi connectivity index (χ3n) is 0.470.